The average Bonchev–Trinajstić information content (AvgIpc) is 2.37. The molecule has 0 aromatic heterocycles. The number of amides is 2. The van der Waals surface area contributed by atoms with Crippen molar-refractivity contribution in [1.29, 1.82) is 0 Å². The number of anilines is 1. The second kappa shape index (κ2) is 6.20. The highest BCUT2D eigenvalue weighted by atomic mass is 19.1. The molecular weight excluding hydrogens is 262 g/mol. The van der Waals surface area contributed by atoms with Gasteiger partial charge in [-0.15, -0.1) is 0 Å². The fourth-order valence-electron chi connectivity index (χ4n) is 2.72. The van der Waals surface area contributed by atoms with Gasteiger partial charge in [0.15, 0.2) is 0 Å². The third-order valence-corrected chi connectivity index (χ3v) is 3.69. The fraction of sp³-hybridized carbons (Fsp3) is 0.533. The lowest BCUT2D eigenvalue weighted by molar-refractivity contribution is 0.138. The van der Waals surface area contributed by atoms with Crippen molar-refractivity contribution in [2.45, 2.75) is 39.2 Å². The second-order valence-corrected chi connectivity index (χ2v) is 5.59. The van der Waals surface area contributed by atoms with Gasteiger partial charge in [0.2, 0.25) is 0 Å². The number of carbonyl (C=O) groups is 1. The van der Waals surface area contributed by atoms with Gasteiger partial charge >= 0.3 is 6.03 Å². The lowest BCUT2D eigenvalue weighted by Gasteiger charge is -2.38. The molecule has 5 heteroatoms. The van der Waals surface area contributed by atoms with Crippen LogP contribution in [-0.4, -0.2) is 23.5 Å². The predicted octanol–water partition coefficient (Wildman–Crippen LogP) is 4.01. The summed E-state index contributed by atoms with van der Waals surface area (Å²) in [6.07, 6.45) is 3.05. The number of benzene rings is 1. The van der Waals surface area contributed by atoms with Crippen LogP contribution >= 0.6 is 0 Å². The molecule has 1 aromatic carbocycles. The van der Waals surface area contributed by atoms with E-state index in [0.29, 0.717) is 12.5 Å². The molecule has 0 aliphatic carbocycles. The zero-order valence-corrected chi connectivity index (χ0v) is 11.8. The minimum atomic E-state index is -0.695. The van der Waals surface area contributed by atoms with E-state index < -0.39 is 11.6 Å². The molecule has 1 saturated heterocycles. The topological polar surface area (TPSA) is 32.3 Å². The number of nitrogens with zero attached hydrogens (tertiary/aromatic N) is 1. The Kier molecular flexibility index (Phi) is 4.57. The van der Waals surface area contributed by atoms with E-state index in [0.717, 1.165) is 37.5 Å². The Labute approximate surface area is 118 Å². The molecule has 2 rings (SSSR count). The molecule has 1 N–H and O–H groups in total. The van der Waals surface area contributed by atoms with Gasteiger partial charge in [-0.05, 0) is 37.3 Å². The van der Waals surface area contributed by atoms with Gasteiger partial charge < -0.3 is 10.2 Å². The van der Waals surface area contributed by atoms with Gasteiger partial charge in [0.1, 0.15) is 11.6 Å². The van der Waals surface area contributed by atoms with Crippen molar-refractivity contribution in [2.24, 2.45) is 5.92 Å². The van der Waals surface area contributed by atoms with Gasteiger partial charge in [-0.25, -0.2) is 13.6 Å². The fourth-order valence-corrected chi connectivity index (χ4v) is 2.72. The average molecular weight is 282 g/mol. The largest absolute Gasteiger partial charge is 0.322 e. The van der Waals surface area contributed by atoms with Crippen LogP contribution in [0, 0.1) is 17.6 Å². The summed E-state index contributed by atoms with van der Waals surface area (Å²) in [4.78, 5) is 14.0. The van der Waals surface area contributed by atoms with Gasteiger partial charge in [0.25, 0.3) is 0 Å². The maximum absolute atomic E-state index is 13.1. The predicted molar refractivity (Wildman–Crippen MR) is 74.6 cm³/mol. The maximum atomic E-state index is 13.1. The van der Waals surface area contributed by atoms with Crippen LogP contribution in [0.1, 0.15) is 33.1 Å². The summed E-state index contributed by atoms with van der Waals surface area (Å²) in [6.45, 7) is 4.85. The standard InChI is InChI=1S/C15H20F2N2O/c1-10(2)14-5-3-4-6-19(14)15(20)18-13-8-11(16)7-12(17)9-13/h7-10,14H,3-6H2,1-2H3,(H,18,20). The summed E-state index contributed by atoms with van der Waals surface area (Å²) in [7, 11) is 0. The summed E-state index contributed by atoms with van der Waals surface area (Å²) < 4.78 is 26.2. The first-order chi connectivity index (χ1) is 9.47. The van der Waals surface area contributed by atoms with Crippen molar-refractivity contribution < 1.29 is 13.6 Å². The van der Waals surface area contributed by atoms with Crippen LogP contribution in [0.2, 0.25) is 0 Å². The Morgan fingerprint density at radius 3 is 2.50 bits per heavy atom. The number of carbonyl (C=O) groups excluding carboxylic acids is 1. The molecule has 1 unspecified atom stereocenters. The van der Waals surface area contributed by atoms with Gasteiger partial charge in [-0.1, -0.05) is 13.8 Å². The molecule has 1 aliphatic rings. The molecule has 0 radical (unpaired) electrons. The Hall–Kier alpha value is -1.65. The number of nitrogens with one attached hydrogen (secondary N) is 1. The van der Waals surface area contributed by atoms with Crippen LogP contribution in [-0.2, 0) is 0 Å². The molecule has 1 aromatic rings. The van der Waals surface area contributed by atoms with Gasteiger partial charge in [-0.3, -0.25) is 0 Å². The highest BCUT2D eigenvalue weighted by Gasteiger charge is 2.28. The molecule has 1 aliphatic heterocycles. The monoisotopic (exact) mass is 282 g/mol. The first kappa shape index (κ1) is 14.8. The van der Waals surface area contributed by atoms with Crippen LogP contribution < -0.4 is 5.32 Å². The molecule has 110 valence electrons. The summed E-state index contributed by atoms with van der Waals surface area (Å²) in [5.41, 5.74) is 0.153. The third-order valence-electron chi connectivity index (χ3n) is 3.69. The molecule has 1 fully saturated rings. The molecule has 0 saturated carbocycles. The molecular formula is C15H20F2N2O. The number of hydrogen-bond acceptors (Lipinski definition) is 1. The van der Waals surface area contributed by atoms with E-state index in [1.807, 2.05) is 0 Å². The van der Waals surface area contributed by atoms with Crippen LogP contribution in [0.15, 0.2) is 18.2 Å². The van der Waals surface area contributed by atoms with E-state index in [4.69, 9.17) is 0 Å². The summed E-state index contributed by atoms with van der Waals surface area (Å²) >= 11 is 0. The van der Waals surface area contributed by atoms with Gasteiger partial charge in [-0.2, -0.15) is 0 Å². The first-order valence-electron chi connectivity index (χ1n) is 7.01. The second-order valence-electron chi connectivity index (χ2n) is 5.59. The van der Waals surface area contributed by atoms with E-state index in [1.165, 1.54) is 0 Å². The molecule has 20 heavy (non-hydrogen) atoms. The Morgan fingerprint density at radius 1 is 1.25 bits per heavy atom. The van der Waals surface area contributed by atoms with Crippen molar-refractivity contribution in [2.75, 3.05) is 11.9 Å². The quantitative estimate of drug-likeness (QED) is 0.873. The minimum absolute atomic E-state index is 0.153. The number of likely N-dealkylation sites (tertiary alicyclic amines) is 1. The van der Waals surface area contributed by atoms with Crippen molar-refractivity contribution in [1.82, 2.24) is 4.90 Å². The van der Waals surface area contributed by atoms with E-state index in [-0.39, 0.29) is 17.8 Å². The summed E-state index contributed by atoms with van der Waals surface area (Å²) in [5.74, 6) is -1.02. The zero-order chi connectivity index (χ0) is 14.7. The Balaban J connectivity index is 2.09. The molecule has 2 amide bonds. The van der Waals surface area contributed by atoms with Crippen molar-refractivity contribution in [3.05, 3.63) is 29.8 Å². The number of rotatable bonds is 2. The smallest absolute Gasteiger partial charge is 0.321 e. The van der Waals surface area contributed by atoms with E-state index in [2.05, 4.69) is 19.2 Å². The van der Waals surface area contributed by atoms with Crippen molar-refractivity contribution in [3.8, 4) is 0 Å². The SMILES string of the molecule is CC(C)C1CCCCN1C(=O)Nc1cc(F)cc(F)c1. The molecule has 0 spiro atoms. The third kappa shape index (κ3) is 3.46. The minimum Gasteiger partial charge on any atom is -0.321 e. The van der Waals surface area contributed by atoms with E-state index >= 15 is 0 Å². The molecule has 1 atom stereocenters. The van der Waals surface area contributed by atoms with E-state index in [9.17, 15) is 13.6 Å². The molecule has 3 nitrogen and oxygen atoms in total. The van der Waals surface area contributed by atoms with Crippen LogP contribution in [0.4, 0.5) is 19.3 Å². The highest BCUT2D eigenvalue weighted by Crippen LogP contribution is 2.24. The Morgan fingerprint density at radius 2 is 1.90 bits per heavy atom. The molecule has 1 heterocycles. The van der Waals surface area contributed by atoms with Crippen molar-refractivity contribution >= 4 is 11.7 Å². The van der Waals surface area contributed by atoms with Crippen LogP contribution in [0.5, 0.6) is 0 Å². The number of hydrogen-bond donors (Lipinski definition) is 1. The number of halogens is 2. The number of urea groups is 1. The summed E-state index contributed by atoms with van der Waals surface area (Å²) in [6, 6.07) is 2.92. The van der Waals surface area contributed by atoms with Crippen LogP contribution in [0.25, 0.3) is 0 Å². The lowest BCUT2D eigenvalue weighted by Crippen LogP contribution is -2.48. The normalized spacial score (nSPS) is 19.2. The highest BCUT2D eigenvalue weighted by molar-refractivity contribution is 5.89. The van der Waals surface area contributed by atoms with Crippen molar-refractivity contribution in [3.63, 3.8) is 0 Å². The molecule has 0 bridgehead atoms. The first-order valence-corrected chi connectivity index (χ1v) is 7.01. The number of piperidine rings is 1. The maximum Gasteiger partial charge on any atom is 0.322 e. The Bertz CT molecular complexity index is 471. The lowest BCUT2D eigenvalue weighted by atomic mass is 9.93. The van der Waals surface area contributed by atoms with E-state index in [1.54, 1.807) is 4.90 Å². The van der Waals surface area contributed by atoms with Gasteiger partial charge in [0, 0.05) is 24.3 Å². The van der Waals surface area contributed by atoms with Gasteiger partial charge in [0.05, 0.1) is 0 Å². The zero-order valence-electron chi connectivity index (χ0n) is 11.8. The van der Waals surface area contributed by atoms with Crippen LogP contribution in [0.3, 0.4) is 0 Å². The summed E-state index contributed by atoms with van der Waals surface area (Å²) in [5, 5.41) is 2.59.